The number of benzene rings is 2. The predicted molar refractivity (Wildman–Crippen MR) is 104 cm³/mol. The molecule has 1 amide bonds. The Hall–Kier alpha value is -2.37. The third-order valence-corrected chi connectivity index (χ3v) is 6.32. The van der Waals surface area contributed by atoms with Crippen molar-refractivity contribution in [1.82, 2.24) is 15.1 Å². The van der Waals surface area contributed by atoms with Crippen LogP contribution in [0.5, 0.6) is 0 Å². The monoisotopic (exact) mass is 381 g/mol. The van der Waals surface area contributed by atoms with Crippen molar-refractivity contribution in [2.75, 3.05) is 13.1 Å². The highest BCUT2D eigenvalue weighted by atomic mass is 35.5. The Morgan fingerprint density at radius 1 is 1.19 bits per heavy atom. The first-order chi connectivity index (χ1) is 13.0. The van der Waals surface area contributed by atoms with Gasteiger partial charge < -0.3 is 10.0 Å². The molecule has 0 unspecified atom stereocenters. The second-order valence-corrected chi connectivity index (χ2v) is 8.26. The summed E-state index contributed by atoms with van der Waals surface area (Å²) >= 11 is 6.27. The lowest BCUT2D eigenvalue weighted by Gasteiger charge is -2.27. The first kappa shape index (κ1) is 16.8. The highest BCUT2D eigenvalue weighted by molar-refractivity contribution is 6.31. The molecule has 0 bridgehead atoms. The van der Waals surface area contributed by atoms with E-state index in [9.17, 15) is 9.90 Å². The molecule has 5 nitrogen and oxygen atoms in total. The van der Waals surface area contributed by atoms with Gasteiger partial charge in [-0.1, -0.05) is 29.8 Å². The Morgan fingerprint density at radius 3 is 2.59 bits per heavy atom. The molecule has 2 fully saturated rings. The van der Waals surface area contributed by atoms with Gasteiger partial charge in [-0.15, -0.1) is 0 Å². The van der Waals surface area contributed by atoms with E-state index >= 15 is 0 Å². The van der Waals surface area contributed by atoms with Gasteiger partial charge in [-0.3, -0.25) is 9.89 Å². The minimum Gasteiger partial charge on any atom is -0.385 e. The summed E-state index contributed by atoms with van der Waals surface area (Å²) in [4.78, 5) is 14.7. The van der Waals surface area contributed by atoms with E-state index in [1.165, 1.54) is 0 Å². The number of nitrogens with zero attached hydrogens (tertiary/aromatic N) is 2. The number of amides is 1. The second-order valence-electron chi connectivity index (χ2n) is 7.82. The number of aromatic nitrogens is 2. The minimum absolute atomic E-state index is 0.0762. The molecule has 0 spiro atoms. The van der Waals surface area contributed by atoms with Crippen LogP contribution in [-0.4, -0.2) is 39.2 Å². The number of likely N-dealkylation sites (tertiary alicyclic amines) is 1. The summed E-state index contributed by atoms with van der Waals surface area (Å²) in [5, 5.41) is 20.0. The third kappa shape index (κ3) is 2.73. The average Bonchev–Trinajstić information content (AvgIpc) is 3.34. The van der Waals surface area contributed by atoms with E-state index in [1.54, 1.807) is 6.20 Å². The van der Waals surface area contributed by atoms with Gasteiger partial charge in [-0.2, -0.15) is 5.10 Å². The summed E-state index contributed by atoms with van der Waals surface area (Å²) in [5.41, 5.74) is 1.45. The zero-order valence-corrected chi connectivity index (χ0v) is 15.5. The summed E-state index contributed by atoms with van der Waals surface area (Å²) in [5.74, 6) is 0.659. The molecular weight excluding hydrogens is 362 g/mol. The smallest absolute Gasteiger partial charge is 0.253 e. The first-order valence-corrected chi connectivity index (χ1v) is 9.61. The fourth-order valence-electron chi connectivity index (χ4n) is 4.89. The lowest BCUT2D eigenvalue weighted by Crippen LogP contribution is -2.32. The van der Waals surface area contributed by atoms with E-state index < -0.39 is 5.60 Å². The van der Waals surface area contributed by atoms with Crippen LogP contribution in [0.4, 0.5) is 0 Å². The first-order valence-electron chi connectivity index (χ1n) is 9.23. The molecule has 5 rings (SSSR count). The second kappa shape index (κ2) is 6.08. The van der Waals surface area contributed by atoms with Gasteiger partial charge in [0.25, 0.3) is 5.91 Å². The topological polar surface area (TPSA) is 69.2 Å². The molecule has 1 saturated carbocycles. The molecule has 1 aliphatic heterocycles. The zero-order valence-electron chi connectivity index (χ0n) is 14.7. The van der Waals surface area contributed by atoms with Crippen molar-refractivity contribution in [3.8, 4) is 0 Å². The van der Waals surface area contributed by atoms with Gasteiger partial charge in [0.1, 0.15) is 0 Å². The molecule has 6 heteroatoms. The lowest BCUT2D eigenvalue weighted by molar-refractivity contribution is 0.0317. The molecule has 0 radical (unpaired) electrons. The van der Waals surface area contributed by atoms with Gasteiger partial charge in [0, 0.05) is 34.6 Å². The predicted octanol–water partition coefficient (Wildman–Crippen LogP) is 3.59. The van der Waals surface area contributed by atoms with E-state index in [0.717, 1.165) is 22.0 Å². The molecule has 27 heavy (non-hydrogen) atoms. The largest absolute Gasteiger partial charge is 0.385 e. The normalized spacial score (nSPS) is 27.3. The van der Waals surface area contributed by atoms with Gasteiger partial charge in [-0.25, -0.2) is 0 Å². The number of fused-ring (bicyclic) bond motifs is 2. The van der Waals surface area contributed by atoms with E-state index in [0.29, 0.717) is 42.8 Å². The van der Waals surface area contributed by atoms with Crippen molar-refractivity contribution in [2.45, 2.75) is 18.4 Å². The zero-order chi connectivity index (χ0) is 18.6. The molecule has 2 aromatic carbocycles. The Labute approximate surface area is 161 Å². The van der Waals surface area contributed by atoms with Crippen LogP contribution in [0.3, 0.4) is 0 Å². The molecule has 2 aliphatic rings. The van der Waals surface area contributed by atoms with Crippen LogP contribution in [0.2, 0.25) is 5.02 Å². The maximum absolute atomic E-state index is 12.7. The summed E-state index contributed by atoms with van der Waals surface area (Å²) in [7, 11) is 0. The van der Waals surface area contributed by atoms with Gasteiger partial charge in [0.05, 0.1) is 17.3 Å². The number of hydrogen-bond acceptors (Lipinski definition) is 3. The number of rotatable bonds is 2. The van der Waals surface area contributed by atoms with Crippen LogP contribution in [0.25, 0.3) is 10.9 Å². The van der Waals surface area contributed by atoms with Crippen LogP contribution in [0, 0.1) is 11.8 Å². The Balaban J connectivity index is 1.39. The van der Waals surface area contributed by atoms with Crippen LogP contribution < -0.4 is 0 Å². The maximum Gasteiger partial charge on any atom is 0.253 e. The van der Waals surface area contributed by atoms with Crippen LogP contribution in [0.1, 0.15) is 28.8 Å². The Bertz CT molecular complexity index is 1000. The number of nitrogens with one attached hydrogen (secondary N) is 1. The molecule has 1 aliphatic carbocycles. The maximum atomic E-state index is 12.7. The molecule has 2 N–H and O–H groups in total. The molecule has 2 heterocycles. The molecular formula is C21H20ClN3O2. The van der Waals surface area contributed by atoms with Gasteiger partial charge in [0.2, 0.25) is 0 Å². The van der Waals surface area contributed by atoms with Gasteiger partial charge in [0.15, 0.2) is 0 Å². The molecule has 138 valence electrons. The SMILES string of the molecule is O=C(c1ccccc1)N1C[C@@H]2C[C@@](O)(c3cc(Cl)cc4cn[nH]c34)C[C@@H]2C1. The average molecular weight is 382 g/mol. The Kier molecular flexibility index (Phi) is 3.78. The number of hydrogen-bond donors (Lipinski definition) is 2. The quantitative estimate of drug-likeness (QED) is 0.712. The van der Waals surface area contributed by atoms with Crippen LogP contribution in [-0.2, 0) is 5.60 Å². The number of carbonyl (C=O) groups excluding carboxylic acids is 1. The molecule has 1 saturated heterocycles. The van der Waals surface area contributed by atoms with Crippen molar-refractivity contribution >= 4 is 28.4 Å². The number of halogens is 1. The van der Waals surface area contributed by atoms with Gasteiger partial charge in [-0.05, 0) is 48.9 Å². The van der Waals surface area contributed by atoms with E-state index in [-0.39, 0.29) is 5.91 Å². The molecule has 1 aromatic heterocycles. The molecule has 3 atom stereocenters. The van der Waals surface area contributed by atoms with Crippen molar-refractivity contribution in [1.29, 1.82) is 0 Å². The van der Waals surface area contributed by atoms with Crippen LogP contribution >= 0.6 is 11.6 Å². The fraction of sp³-hybridized carbons (Fsp3) is 0.333. The number of H-pyrrole nitrogens is 1. The minimum atomic E-state index is -0.938. The van der Waals surface area contributed by atoms with Gasteiger partial charge >= 0.3 is 0 Å². The summed E-state index contributed by atoms with van der Waals surface area (Å²) in [6.45, 7) is 1.38. The molecule has 3 aromatic rings. The summed E-state index contributed by atoms with van der Waals surface area (Å²) in [6.07, 6.45) is 2.99. The highest BCUT2D eigenvalue weighted by Crippen LogP contribution is 2.50. The standard InChI is InChI=1S/C21H20ClN3O2/c22-17-6-14-10-23-24-19(14)18(7-17)21(27)8-15-11-25(12-16(15)9-21)20(26)13-4-2-1-3-5-13/h1-7,10,15-16,27H,8-9,11-12H2,(H,23,24)/t15-,16+,21-. The lowest BCUT2D eigenvalue weighted by atomic mass is 9.89. The van der Waals surface area contributed by atoms with E-state index in [4.69, 9.17) is 11.6 Å². The third-order valence-electron chi connectivity index (χ3n) is 6.10. The number of carbonyl (C=O) groups is 1. The summed E-state index contributed by atoms with van der Waals surface area (Å²) < 4.78 is 0. The fourth-order valence-corrected chi connectivity index (χ4v) is 5.12. The number of aliphatic hydroxyl groups is 1. The Morgan fingerprint density at radius 2 is 1.89 bits per heavy atom. The van der Waals surface area contributed by atoms with Crippen molar-refractivity contribution in [2.24, 2.45) is 11.8 Å². The highest BCUT2D eigenvalue weighted by Gasteiger charge is 2.50. The number of aromatic amines is 1. The van der Waals surface area contributed by atoms with Crippen molar-refractivity contribution in [3.63, 3.8) is 0 Å². The van der Waals surface area contributed by atoms with Crippen molar-refractivity contribution < 1.29 is 9.90 Å². The van der Waals surface area contributed by atoms with E-state index in [2.05, 4.69) is 10.2 Å². The van der Waals surface area contributed by atoms with E-state index in [1.807, 2.05) is 47.4 Å². The van der Waals surface area contributed by atoms with Crippen LogP contribution in [0.15, 0.2) is 48.7 Å². The van der Waals surface area contributed by atoms with Crippen molar-refractivity contribution in [3.05, 3.63) is 64.8 Å². The summed E-state index contributed by atoms with van der Waals surface area (Å²) in [6, 6.07) is 13.1.